The van der Waals surface area contributed by atoms with Crippen molar-refractivity contribution in [3.05, 3.63) is 77.9 Å². The fraction of sp³-hybridized carbons (Fsp3) is 0.105. The Morgan fingerprint density at radius 1 is 0.850 bits per heavy atom. The van der Waals surface area contributed by atoms with Crippen LogP contribution in [0.1, 0.15) is 28.8 Å². The molecule has 2 aromatic rings. The zero-order valence-corrected chi connectivity index (χ0v) is 11.3. The second-order valence-corrected chi connectivity index (χ2v) is 4.97. The number of carbonyl (C=O) groups is 1. The first kappa shape index (κ1) is 12.6. The summed E-state index contributed by atoms with van der Waals surface area (Å²) in [5.74, 6) is 0. The second kappa shape index (κ2) is 5.70. The lowest BCUT2D eigenvalue weighted by Gasteiger charge is -2.11. The maximum atomic E-state index is 11.2. The highest BCUT2D eigenvalue weighted by molar-refractivity contribution is 5.85. The minimum absolute atomic E-state index is 0.723. The first-order valence-electron chi connectivity index (χ1n) is 6.89. The lowest BCUT2D eigenvalue weighted by atomic mass is 9.94. The van der Waals surface area contributed by atoms with Crippen molar-refractivity contribution >= 4 is 11.9 Å². The number of hydrogen-bond donors (Lipinski definition) is 0. The zero-order valence-electron chi connectivity index (χ0n) is 11.3. The molecule has 0 amide bonds. The van der Waals surface area contributed by atoms with E-state index in [0.717, 1.165) is 41.4 Å². The molecule has 1 aliphatic carbocycles. The van der Waals surface area contributed by atoms with E-state index in [0.29, 0.717) is 0 Å². The Kier molecular flexibility index (Phi) is 3.60. The van der Waals surface area contributed by atoms with Crippen LogP contribution in [0.3, 0.4) is 0 Å². The summed E-state index contributed by atoms with van der Waals surface area (Å²) in [4.78, 5) is 11.2. The molecule has 0 fully saturated rings. The molecule has 0 spiro atoms. The molecular formula is C19H16O. The molecule has 98 valence electrons. The van der Waals surface area contributed by atoms with Gasteiger partial charge in [0.2, 0.25) is 0 Å². The van der Waals surface area contributed by atoms with E-state index in [-0.39, 0.29) is 0 Å². The minimum atomic E-state index is 0.723. The number of hydrogen-bond acceptors (Lipinski definition) is 1. The molecule has 2 aromatic carbocycles. The zero-order chi connectivity index (χ0) is 13.8. The SMILES string of the molecule is O=Cc1cc(C2=CCCC=C2)cc(-c2ccccc2)c1. The summed E-state index contributed by atoms with van der Waals surface area (Å²) in [5.41, 5.74) is 5.27. The van der Waals surface area contributed by atoms with Crippen LogP contribution in [-0.2, 0) is 0 Å². The molecule has 3 rings (SSSR count). The monoisotopic (exact) mass is 260 g/mol. The first-order chi connectivity index (χ1) is 9.86. The lowest BCUT2D eigenvalue weighted by molar-refractivity contribution is 0.112. The summed E-state index contributed by atoms with van der Waals surface area (Å²) >= 11 is 0. The van der Waals surface area contributed by atoms with E-state index in [9.17, 15) is 4.79 Å². The molecule has 0 radical (unpaired) electrons. The molecule has 0 bridgehead atoms. The van der Waals surface area contributed by atoms with E-state index in [1.807, 2.05) is 30.3 Å². The predicted molar refractivity (Wildman–Crippen MR) is 83.6 cm³/mol. The van der Waals surface area contributed by atoms with Gasteiger partial charge in [-0.15, -0.1) is 0 Å². The molecule has 1 nitrogen and oxygen atoms in total. The number of allylic oxidation sites excluding steroid dienone is 4. The topological polar surface area (TPSA) is 17.1 Å². The van der Waals surface area contributed by atoms with Crippen LogP contribution in [0.15, 0.2) is 66.8 Å². The predicted octanol–water partition coefficient (Wildman–Crippen LogP) is 4.90. The Hall–Kier alpha value is -2.41. The van der Waals surface area contributed by atoms with E-state index in [1.165, 1.54) is 5.57 Å². The van der Waals surface area contributed by atoms with Gasteiger partial charge in [-0.1, -0.05) is 48.6 Å². The van der Waals surface area contributed by atoms with Crippen LogP contribution in [0, 0.1) is 0 Å². The molecule has 0 unspecified atom stereocenters. The average molecular weight is 260 g/mol. The summed E-state index contributed by atoms with van der Waals surface area (Å²) in [6.07, 6.45) is 9.65. The molecule has 0 saturated heterocycles. The van der Waals surface area contributed by atoms with Gasteiger partial charge in [0, 0.05) is 5.56 Å². The van der Waals surface area contributed by atoms with Gasteiger partial charge in [-0.05, 0) is 53.3 Å². The van der Waals surface area contributed by atoms with Gasteiger partial charge < -0.3 is 0 Å². The summed E-state index contributed by atoms with van der Waals surface area (Å²) in [5, 5.41) is 0. The highest BCUT2D eigenvalue weighted by Gasteiger charge is 2.06. The van der Waals surface area contributed by atoms with Gasteiger partial charge in [-0.3, -0.25) is 4.79 Å². The smallest absolute Gasteiger partial charge is 0.150 e. The van der Waals surface area contributed by atoms with Gasteiger partial charge in [-0.25, -0.2) is 0 Å². The summed E-state index contributed by atoms with van der Waals surface area (Å²) in [6.45, 7) is 0. The second-order valence-electron chi connectivity index (χ2n) is 4.97. The van der Waals surface area contributed by atoms with Crippen molar-refractivity contribution in [3.63, 3.8) is 0 Å². The van der Waals surface area contributed by atoms with Crippen LogP contribution < -0.4 is 0 Å². The highest BCUT2D eigenvalue weighted by atomic mass is 16.1. The Morgan fingerprint density at radius 2 is 1.65 bits per heavy atom. The van der Waals surface area contributed by atoms with E-state index < -0.39 is 0 Å². The molecule has 0 aliphatic heterocycles. The van der Waals surface area contributed by atoms with Crippen LogP contribution in [0.2, 0.25) is 0 Å². The third kappa shape index (κ3) is 2.62. The maximum absolute atomic E-state index is 11.2. The van der Waals surface area contributed by atoms with Crippen molar-refractivity contribution in [2.75, 3.05) is 0 Å². The van der Waals surface area contributed by atoms with Gasteiger partial charge in [0.15, 0.2) is 0 Å². The number of rotatable bonds is 3. The maximum Gasteiger partial charge on any atom is 0.150 e. The van der Waals surface area contributed by atoms with Crippen molar-refractivity contribution < 1.29 is 4.79 Å². The van der Waals surface area contributed by atoms with Crippen molar-refractivity contribution in [2.45, 2.75) is 12.8 Å². The average Bonchev–Trinajstić information content (AvgIpc) is 2.56. The van der Waals surface area contributed by atoms with Crippen molar-refractivity contribution in [1.82, 2.24) is 0 Å². The van der Waals surface area contributed by atoms with E-state index in [1.54, 1.807) is 0 Å². The Labute approximate surface area is 119 Å². The Morgan fingerprint density at radius 3 is 2.35 bits per heavy atom. The quantitative estimate of drug-likeness (QED) is 0.717. The normalized spacial score (nSPS) is 13.9. The third-order valence-corrected chi connectivity index (χ3v) is 3.53. The summed E-state index contributed by atoms with van der Waals surface area (Å²) < 4.78 is 0. The Bertz CT molecular complexity index is 678. The van der Waals surface area contributed by atoms with Crippen molar-refractivity contribution in [3.8, 4) is 11.1 Å². The molecule has 0 aromatic heterocycles. The highest BCUT2D eigenvalue weighted by Crippen LogP contribution is 2.27. The Balaban J connectivity index is 2.10. The van der Waals surface area contributed by atoms with E-state index in [2.05, 4.69) is 36.4 Å². The van der Waals surface area contributed by atoms with Crippen LogP contribution in [-0.4, -0.2) is 6.29 Å². The van der Waals surface area contributed by atoms with Crippen LogP contribution in [0.5, 0.6) is 0 Å². The lowest BCUT2D eigenvalue weighted by Crippen LogP contribution is -1.91. The molecule has 0 saturated carbocycles. The molecule has 0 N–H and O–H groups in total. The van der Waals surface area contributed by atoms with Crippen LogP contribution >= 0.6 is 0 Å². The van der Waals surface area contributed by atoms with Gasteiger partial charge in [-0.2, -0.15) is 0 Å². The third-order valence-electron chi connectivity index (χ3n) is 3.53. The molecule has 0 atom stereocenters. The molecular weight excluding hydrogens is 244 g/mol. The van der Waals surface area contributed by atoms with Gasteiger partial charge in [0.1, 0.15) is 6.29 Å². The molecule has 1 heteroatoms. The van der Waals surface area contributed by atoms with Crippen LogP contribution in [0.4, 0.5) is 0 Å². The summed E-state index contributed by atoms with van der Waals surface area (Å²) in [7, 11) is 0. The standard InChI is InChI=1S/C19H16O/c20-14-15-11-18(16-7-3-1-4-8-16)13-19(12-15)17-9-5-2-6-10-17/h1,3-5,7-14H,2,6H2. The summed E-state index contributed by atoms with van der Waals surface area (Å²) in [6, 6.07) is 16.2. The molecule has 1 aliphatic rings. The largest absolute Gasteiger partial charge is 0.298 e. The van der Waals surface area contributed by atoms with Gasteiger partial charge >= 0.3 is 0 Å². The van der Waals surface area contributed by atoms with Crippen LogP contribution in [0.25, 0.3) is 16.7 Å². The number of aldehydes is 1. The first-order valence-corrected chi connectivity index (χ1v) is 6.89. The van der Waals surface area contributed by atoms with E-state index >= 15 is 0 Å². The van der Waals surface area contributed by atoms with Gasteiger partial charge in [0.25, 0.3) is 0 Å². The fourth-order valence-corrected chi connectivity index (χ4v) is 2.51. The van der Waals surface area contributed by atoms with Crippen molar-refractivity contribution in [1.29, 1.82) is 0 Å². The molecule has 20 heavy (non-hydrogen) atoms. The van der Waals surface area contributed by atoms with E-state index in [4.69, 9.17) is 0 Å². The fourth-order valence-electron chi connectivity index (χ4n) is 2.51. The van der Waals surface area contributed by atoms with Gasteiger partial charge in [0.05, 0.1) is 0 Å². The minimum Gasteiger partial charge on any atom is -0.298 e. The number of benzene rings is 2. The van der Waals surface area contributed by atoms with Crippen molar-refractivity contribution in [2.24, 2.45) is 0 Å². The molecule has 0 heterocycles. The number of carbonyl (C=O) groups excluding carboxylic acids is 1.